The highest BCUT2D eigenvalue weighted by atomic mass is 19.1. The molecule has 0 saturated heterocycles. The molecule has 3 rings (SSSR count). The number of esters is 1. The smallest absolute Gasteiger partial charge is 0.338 e. The van der Waals surface area contributed by atoms with Gasteiger partial charge in [-0.05, 0) is 55.3 Å². The average Bonchev–Trinajstić information content (AvgIpc) is 3.14. The number of halogens is 1. The summed E-state index contributed by atoms with van der Waals surface area (Å²) in [7, 11) is 1.30. The summed E-state index contributed by atoms with van der Waals surface area (Å²) in [5.74, 6) is -0.890. The predicted octanol–water partition coefficient (Wildman–Crippen LogP) is 4.00. The Labute approximate surface area is 162 Å². The van der Waals surface area contributed by atoms with E-state index < -0.39 is 18.6 Å². The molecule has 1 amide bonds. The van der Waals surface area contributed by atoms with Gasteiger partial charge in [-0.3, -0.25) is 4.79 Å². The van der Waals surface area contributed by atoms with Crippen molar-refractivity contribution in [1.82, 2.24) is 9.55 Å². The molecule has 0 bridgehead atoms. The van der Waals surface area contributed by atoms with Crippen LogP contribution in [0.3, 0.4) is 0 Å². The summed E-state index contributed by atoms with van der Waals surface area (Å²) in [6, 6.07) is 9.79. The lowest BCUT2D eigenvalue weighted by molar-refractivity contribution is 0.0599. The minimum absolute atomic E-state index is 0.302. The zero-order valence-electron chi connectivity index (χ0n) is 15.8. The van der Waals surface area contributed by atoms with Crippen LogP contribution in [0.1, 0.15) is 37.5 Å². The van der Waals surface area contributed by atoms with E-state index in [1.165, 1.54) is 13.2 Å². The van der Waals surface area contributed by atoms with Crippen molar-refractivity contribution in [2.45, 2.75) is 20.5 Å². The van der Waals surface area contributed by atoms with Crippen molar-refractivity contribution in [3.63, 3.8) is 0 Å². The van der Waals surface area contributed by atoms with Crippen LogP contribution < -0.4 is 5.32 Å². The third kappa shape index (κ3) is 4.09. The van der Waals surface area contributed by atoms with Crippen LogP contribution in [0.5, 0.6) is 0 Å². The molecule has 0 unspecified atom stereocenters. The highest BCUT2D eigenvalue weighted by Crippen LogP contribution is 2.20. The number of ether oxygens (including phenoxy) is 1. The Balaban J connectivity index is 1.91. The minimum Gasteiger partial charge on any atom is -0.465 e. The molecule has 3 aromatic rings. The van der Waals surface area contributed by atoms with E-state index in [0.717, 1.165) is 11.3 Å². The molecule has 1 N–H and O–H groups in total. The Morgan fingerprint density at radius 3 is 2.61 bits per heavy atom. The summed E-state index contributed by atoms with van der Waals surface area (Å²) < 4.78 is 19.8. The van der Waals surface area contributed by atoms with Crippen LogP contribution in [0.25, 0.3) is 5.69 Å². The van der Waals surface area contributed by atoms with Crippen molar-refractivity contribution >= 4 is 17.6 Å². The van der Waals surface area contributed by atoms with E-state index in [1.807, 2.05) is 6.92 Å². The third-order valence-electron chi connectivity index (χ3n) is 4.30. The van der Waals surface area contributed by atoms with E-state index in [-0.39, 0.29) is 0 Å². The number of anilines is 1. The highest BCUT2D eigenvalue weighted by Gasteiger charge is 2.14. The molecule has 2 aromatic carbocycles. The standard InChI is InChI=1S/C21H20FN3O3/c1-13-4-5-17(9-19(13)21(27)28-3)24-20(26)16-6-15(10-22)7-18(8-16)25-11-14(2)23-12-25/h4-9,11-12H,10H2,1-3H3,(H,24,26). The number of nitrogens with zero attached hydrogens (tertiary/aromatic N) is 2. The number of aromatic nitrogens is 2. The van der Waals surface area contributed by atoms with Crippen LogP contribution in [0, 0.1) is 13.8 Å². The average molecular weight is 381 g/mol. The fourth-order valence-corrected chi connectivity index (χ4v) is 2.83. The number of benzene rings is 2. The van der Waals surface area contributed by atoms with Gasteiger partial charge in [-0.15, -0.1) is 0 Å². The molecule has 28 heavy (non-hydrogen) atoms. The van der Waals surface area contributed by atoms with Crippen molar-refractivity contribution in [3.05, 3.63) is 76.9 Å². The number of imidazole rings is 1. The molecular formula is C21H20FN3O3. The Kier molecular flexibility index (Phi) is 5.54. The van der Waals surface area contributed by atoms with Crippen molar-refractivity contribution in [3.8, 4) is 5.69 Å². The predicted molar refractivity (Wildman–Crippen MR) is 104 cm³/mol. The monoisotopic (exact) mass is 381 g/mol. The summed E-state index contributed by atoms with van der Waals surface area (Å²) in [5, 5.41) is 2.75. The Hall–Kier alpha value is -3.48. The van der Waals surface area contributed by atoms with E-state index in [4.69, 9.17) is 4.74 Å². The third-order valence-corrected chi connectivity index (χ3v) is 4.30. The number of methoxy groups -OCH3 is 1. The van der Waals surface area contributed by atoms with Crippen molar-refractivity contribution in [1.29, 1.82) is 0 Å². The maximum atomic E-state index is 13.3. The number of aryl methyl sites for hydroxylation is 2. The lowest BCUT2D eigenvalue weighted by atomic mass is 10.1. The number of nitrogens with one attached hydrogen (secondary N) is 1. The van der Waals surface area contributed by atoms with Gasteiger partial charge in [0, 0.05) is 23.1 Å². The maximum absolute atomic E-state index is 13.3. The summed E-state index contributed by atoms with van der Waals surface area (Å²) in [6.07, 6.45) is 3.40. The first-order valence-corrected chi connectivity index (χ1v) is 8.62. The lowest BCUT2D eigenvalue weighted by Crippen LogP contribution is -2.14. The van der Waals surface area contributed by atoms with Crippen molar-refractivity contribution in [2.24, 2.45) is 0 Å². The van der Waals surface area contributed by atoms with Crippen LogP contribution in [-0.2, 0) is 11.4 Å². The van der Waals surface area contributed by atoms with E-state index in [9.17, 15) is 14.0 Å². The number of hydrogen-bond donors (Lipinski definition) is 1. The number of hydrogen-bond acceptors (Lipinski definition) is 4. The molecule has 0 fully saturated rings. The van der Waals surface area contributed by atoms with E-state index in [0.29, 0.717) is 28.1 Å². The first-order valence-electron chi connectivity index (χ1n) is 8.62. The van der Waals surface area contributed by atoms with Crippen molar-refractivity contribution < 1.29 is 18.7 Å². The fraction of sp³-hybridized carbons (Fsp3) is 0.190. The Bertz CT molecular complexity index is 1040. The van der Waals surface area contributed by atoms with Gasteiger partial charge in [0.25, 0.3) is 5.91 Å². The number of alkyl halides is 1. The first kappa shape index (κ1) is 19.3. The minimum atomic E-state index is -0.696. The summed E-state index contributed by atoms with van der Waals surface area (Å²) >= 11 is 0. The second-order valence-electron chi connectivity index (χ2n) is 6.42. The molecule has 0 spiro atoms. The fourth-order valence-electron chi connectivity index (χ4n) is 2.83. The molecule has 1 heterocycles. The molecule has 6 nitrogen and oxygen atoms in total. The van der Waals surface area contributed by atoms with Crippen LogP contribution in [0.4, 0.5) is 10.1 Å². The normalized spacial score (nSPS) is 10.6. The van der Waals surface area contributed by atoms with Gasteiger partial charge in [-0.1, -0.05) is 6.07 Å². The molecule has 0 aliphatic rings. The Morgan fingerprint density at radius 1 is 1.18 bits per heavy atom. The zero-order valence-corrected chi connectivity index (χ0v) is 15.8. The van der Waals surface area contributed by atoms with Gasteiger partial charge in [0.05, 0.1) is 24.7 Å². The number of amides is 1. The van der Waals surface area contributed by atoms with Gasteiger partial charge in [-0.2, -0.15) is 0 Å². The Morgan fingerprint density at radius 2 is 1.96 bits per heavy atom. The topological polar surface area (TPSA) is 73.2 Å². The molecule has 0 aliphatic carbocycles. The van der Waals surface area contributed by atoms with E-state index in [2.05, 4.69) is 10.3 Å². The molecule has 0 atom stereocenters. The molecule has 7 heteroatoms. The number of carbonyl (C=O) groups excluding carboxylic acids is 2. The number of rotatable bonds is 5. The molecular weight excluding hydrogens is 361 g/mol. The highest BCUT2D eigenvalue weighted by molar-refractivity contribution is 6.05. The van der Waals surface area contributed by atoms with Gasteiger partial charge in [0.15, 0.2) is 0 Å². The van der Waals surface area contributed by atoms with Crippen LogP contribution in [-0.4, -0.2) is 28.5 Å². The maximum Gasteiger partial charge on any atom is 0.338 e. The van der Waals surface area contributed by atoms with Crippen LogP contribution >= 0.6 is 0 Å². The van der Waals surface area contributed by atoms with Gasteiger partial charge < -0.3 is 14.6 Å². The van der Waals surface area contributed by atoms with Crippen LogP contribution in [0.2, 0.25) is 0 Å². The molecule has 1 aromatic heterocycles. The van der Waals surface area contributed by atoms with Gasteiger partial charge in [0.1, 0.15) is 6.67 Å². The first-order chi connectivity index (χ1) is 13.4. The molecule has 0 aliphatic heterocycles. The van der Waals surface area contributed by atoms with Gasteiger partial charge >= 0.3 is 5.97 Å². The lowest BCUT2D eigenvalue weighted by Gasteiger charge is -2.11. The second kappa shape index (κ2) is 8.04. The number of carbonyl (C=O) groups is 2. The van der Waals surface area contributed by atoms with Crippen molar-refractivity contribution in [2.75, 3.05) is 12.4 Å². The van der Waals surface area contributed by atoms with Crippen LogP contribution in [0.15, 0.2) is 48.9 Å². The summed E-state index contributed by atoms with van der Waals surface area (Å²) in [6.45, 7) is 2.93. The van der Waals surface area contributed by atoms with E-state index in [1.54, 1.807) is 54.3 Å². The quantitative estimate of drug-likeness (QED) is 0.678. The molecule has 0 saturated carbocycles. The SMILES string of the molecule is COC(=O)c1cc(NC(=O)c2cc(CF)cc(-n3cnc(C)c3)c2)ccc1C. The van der Waals surface area contributed by atoms with Gasteiger partial charge in [-0.25, -0.2) is 14.2 Å². The summed E-state index contributed by atoms with van der Waals surface area (Å²) in [4.78, 5) is 28.7. The molecule has 0 radical (unpaired) electrons. The second-order valence-corrected chi connectivity index (χ2v) is 6.42. The zero-order chi connectivity index (χ0) is 20.3. The largest absolute Gasteiger partial charge is 0.465 e. The van der Waals surface area contributed by atoms with E-state index >= 15 is 0 Å². The summed E-state index contributed by atoms with van der Waals surface area (Å²) in [5.41, 5.74) is 3.69. The van der Waals surface area contributed by atoms with Gasteiger partial charge in [0.2, 0.25) is 0 Å². The molecule has 144 valence electrons.